The van der Waals surface area contributed by atoms with Crippen molar-refractivity contribution in [2.75, 3.05) is 13.2 Å². The van der Waals surface area contributed by atoms with Crippen molar-refractivity contribution in [3.63, 3.8) is 0 Å². The van der Waals surface area contributed by atoms with Crippen LogP contribution in [-0.2, 0) is 17.5 Å². The number of fused-ring (bicyclic) bond motifs is 3. The molecular formula is C26H22F3NO3. The molecule has 4 aromatic carbocycles. The summed E-state index contributed by atoms with van der Waals surface area (Å²) in [5, 5.41) is 22.0. The van der Waals surface area contributed by atoms with Gasteiger partial charge in [0.15, 0.2) is 0 Å². The van der Waals surface area contributed by atoms with Crippen LogP contribution in [0.3, 0.4) is 0 Å². The Hall–Kier alpha value is -3.42. The fraction of sp³-hybridized carbons (Fsp3) is 0.192. The van der Waals surface area contributed by atoms with Crippen molar-refractivity contribution >= 4 is 33.4 Å². The Morgan fingerprint density at radius 2 is 1.64 bits per heavy atom. The number of hydrogen-bond donors (Lipinski definition) is 2. The van der Waals surface area contributed by atoms with Gasteiger partial charge in [-0.3, -0.25) is 4.99 Å². The summed E-state index contributed by atoms with van der Waals surface area (Å²) in [6.07, 6.45) is -3.03. The molecule has 4 nitrogen and oxygen atoms in total. The van der Waals surface area contributed by atoms with Crippen molar-refractivity contribution in [3.05, 3.63) is 71.8 Å². The van der Waals surface area contributed by atoms with E-state index < -0.39 is 11.7 Å². The first-order valence-corrected chi connectivity index (χ1v) is 10.4. The molecule has 2 N–H and O–H groups in total. The van der Waals surface area contributed by atoms with Crippen LogP contribution >= 0.6 is 0 Å². The molecule has 170 valence electrons. The van der Waals surface area contributed by atoms with E-state index in [0.29, 0.717) is 28.2 Å². The van der Waals surface area contributed by atoms with Gasteiger partial charge in [-0.25, -0.2) is 0 Å². The minimum absolute atomic E-state index is 0.110. The van der Waals surface area contributed by atoms with Crippen LogP contribution < -0.4 is 0 Å². The second kappa shape index (κ2) is 9.21. The van der Waals surface area contributed by atoms with Gasteiger partial charge in [0.2, 0.25) is 0 Å². The normalized spacial score (nSPS) is 12.3. The summed E-state index contributed by atoms with van der Waals surface area (Å²) in [7, 11) is 0. The number of halogens is 3. The molecule has 0 aliphatic carbocycles. The number of ether oxygens (including phenoxy) is 1. The summed E-state index contributed by atoms with van der Waals surface area (Å²) in [6, 6.07) is 15.9. The molecule has 0 aliphatic rings. The summed E-state index contributed by atoms with van der Waals surface area (Å²) in [5.41, 5.74) is 1.70. The maximum Gasteiger partial charge on any atom is 0.416 e. The second-order valence-electron chi connectivity index (χ2n) is 7.55. The summed E-state index contributed by atoms with van der Waals surface area (Å²) in [4.78, 5) is 4.31. The zero-order valence-electron chi connectivity index (χ0n) is 17.9. The quantitative estimate of drug-likeness (QED) is 0.196. The lowest BCUT2D eigenvalue weighted by atomic mass is 9.94. The molecule has 0 atom stereocenters. The third-order valence-corrected chi connectivity index (χ3v) is 5.45. The number of aliphatic hydroxyl groups excluding tert-OH is 1. The summed E-state index contributed by atoms with van der Waals surface area (Å²) in [6.45, 7) is 2.42. The molecular weight excluding hydrogens is 431 g/mol. The summed E-state index contributed by atoms with van der Waals surface area (Å²) < 4.78 is 45.7. The van der Waals surface area contributed by atoms with Crippen LogP contribution in [0, 0.1) is 0 Å². The van der Waals surface area contributed by atoms with E-state index in [0.717, 1.165) is 28.8 Å². The molecule has 0 aromatic heterocycles. The van der Waals surface area contributed by atoms with Crippen molar-refractivity contribution in [1.29, 1.82) is 0 Å². The Bertz CT molecular complexity index is 1350. The zero-order chi connectivity index (χ0) is 23.6. The number of rotatable bonds is 6. The molecule has 0 bridgehead atoms. The molecule has 0 amide bonds. The molecule has 0 saturated heterocycles. The molecule has 0 heterocycles. The van der Waals surface area contributed by atoms with E-state index in [2.05, 4.69) is 4.99 Å². The molecule has 7 heteroatoms. The monoisotopic (exact) mass is 453 g/mol. The van der Waals surface area contributed by atoms with Gasteiger partial charge in [0.25, 0.3) is 0 Å². The topological polar surface area (TPSA) is 62.0 Å². The fourth-order valence-electron chi connectivity index (χ4n) is 3.84. The first-order valence-electron chi connectivity index (χ1n) is 10.4. The number of benzene rings is 4. The fourth-order valence-corrected chi connectivity index (χ4v) is 3.84. The number of nitrogens with zero attached hydrogens (tertiary/aromatic N) is 1. The predicted molar refractivity (Wildman–Crippen MR) is 124 cm³/mol. The van der Waals surface area contributed by atoms with Gasteiger partial charge in [-0.15, -0.1) is 0 Å². The molecule has 0 spiro atoms. The Morgan fingerprint density at radius 1 is 0.909 bits per heavy atom. The van der Waals surface area contributed by atoms with Gasteiger partial charge in [0.1, 0.15) is 11.4 Å². The van der Waals surface area contributed by atoms with Crippen molar-refractivity contribution < 1.29 is 28.1 Å². The highest BCUT2D eigenvalue weighted by atomic mass is 19.4. The van der Waals surface area contributed by atoms with E-state index in [1.54, 1.807) is 30.3 Å². The van der Waals surface area contributed by atoms with Crippen LogP contribution in [0.5, 0.6) is 5.75 Å². The lowest BCUT2D eigenvalue weighted by molar-refractivity contribution is -0.137. The zero-order valence-corrected chi connectivity index (χ0v) is 17.9. The second-order valence-corrected chi connectivity index (χ2v) is 7.55. The maximum atomic E-state index is 13.5. The van der Waals surface area contributed by atoms with E-state index in [9.17, 15) is 23.4 Å². The SMILES string of the molecule is CCOCC=Nc1c(O)c2ccc(-c3cccc(CO)c3)cc2c2cc(C(F)(F)F)ccc12. The molecule has 0 saturated carbocycles. The van der Waals surface area contributed by atoms with Gasteiger partial charge < -0.3 is 14.9 Å². The summed E-state index contributed by atoms with van der Waals surface area (Å²) >= 11 is 0. The number of aliphatic imine (C=N–C) groups is 1. The number of aliphatic hydroxyl groups is 1. The molecule has 4 aromatic rings. The lowest BCUT2D eigenvalue weighted by Gasteiger charge is -2.15. The van der Waals surface area contributed by atoms with Gasteiger partial charge in [0.05, 0.1) is 18.8 Å². The molecule has 4 rings (SSSR count). The third-order valence-electron chi connectivity index (χ3n) is 5.45. The smallest absolute Gasteiger partial charge is 0.416 e. The average Bonchev–Trinajstić information content (AvgIpc) is 2.82. The third kappa shape index (κ3) is 4.55. The largest absolute Gasteiger partial charge is 0.505 e. The van der Waals surface area contributed by atoms with Crippen LogP contribution in [0.2, 0.25) is 0 Å². The Labute approximate surface area is 188 Å². The molecule has 0 radical (unpaired) electrons. The first-order chi connectivity index (χ1) is 15.8. The molecule has 0 fully saturated rings. The van der Waals surface area contributed by atoms with Crippen LogP contribution in [0.25, 0.3) is 32.7 Å². The highest BCUT2D eigenvalue weighted by Gasteiger charge is 2.31. The van der Waals surface area contributed by atoms with Crippen molar-refractivity contribution in [1.82, 2.24) is 0 Å². The first kappa shape index (κ1) is 22.8. The van der Waals surface area contributed by atoms with Crippen LogP contribution in [0.15, 0.2) is 65.7 Å². The van der Waals surface area contributed by atoms with E-state index >= 15 is 0 Å². The summed E-state index contributed by atoms with van der Waals surface area (Å²) in [5.74, 6) is -0.110. The van der Waals surface area contributed by atoms with Crippen molar-refractivity contribution in [2.45, 2.75) is 19.7 Å². The highest BCUT2D eigenvalue weighted by Crippen LogP contribution is 2.45. The van der Waals surface area contributed by atoms with Gasteiger partial charge in [-0.05, 0) is 64.7 Å². The maximum absolute atomic E-state index is 13.5. The van der Waals surface area contributed by atoms with Crippen LogP contribution in [-0.4, -0.2) is 29.6 Å². The van der Waals surface area contributed by atoms with Gasteiger partial charge in [0, 0.05) is 23.6 Å². The van der Waals surface area contributed by atoms with Crippen molar-refractivity contribution in [2.24, 2.45) is 4.99 Å². The van der Waals surface area contributed by atoms with E-state index in [4.69, 9.17) is 4.74 Å². The minimum Gasteiger partial charge on any atom is -0.505 e. The Morgan fingerprint density at radius 3 is 2.36 bits per heavy atom. The van der Waals surface area contributed by atoms with Crippen molar-refractivity contribution in [3.8, 4) is 16.9 Å². The number of aromatic hydroxyl groups is 1. The van der Waals surface area contributed by atoms with E-state index in [1.165, 1.54) is 12.3 Å². The number of alkyl halides is 3. The predicted octanol–water partition coefficient (Wildman–Crippen LogP) is 6.62. The Kier molecular flexibility index (Phi) is 6.35. The van der Waals surface area contributed by atoms with Gasteiger partial charge in [-0.2, -0.15) is 13.2 Å². The van der Waals surface area contributed by atoms with Crippen LogP contribution in [0.1, 0.15) is 18.1 Å². The molecule has 0 aliphatic heterocycles. The van der Waals surface area contributed by atoms with Gasteiger partial charge >= 0.3 is 6.18 Å². The highest BCUT2D eigenvalue weighted by molar-refractivity contribution is 6.17. The Balaban J connectivity index is 2.00. The molecule has 33 heavy (non-hydrogen) atoms. The molecule has 0 unspecified atom stereocenters. The average molecular weight is 453 g/mol. The standard InChI is InChI=1S/C26H22F3NO3/c1-2-33-11-10-30-24-20-9-7-19(26(27,28)29)14-23(20)22-13-18(6-8-21(22)25(24)32)17-5-3-4-16(12-17)15-31/h3-10,12-14,31-32H,2,11,15H2,1H3. The minimum atomic E-state index is -4.51. The van der Waals surface area contributed by atoms with E-state index in [-0.39, 0.29) is 24.7 Å². The van der Waals surface area contributed by atoms with E-state index in [1.807, 2.05) is 19.1 Å². The van der Waals surface area contributed by atoms with Crippen LogP contribution in [0.4, 0.5) is 18.9 Å². The number of phenols is 1. The van der Waals surface area contributed by atoms with Gasteiger partial charge in [-0.1, -0.05) is 30.3 Å². The lowest BCUT2D eigenvalue weighted by Crippen LogP contribution is -2.04. The number of hydrogen-bond acceptors (Lipinski definition) is 4. The number of phenolic OH excluding ortho intramolecular Hbond substituents is 1.